The fourth-order valence-corrected chi connectivity index (χ4v) is 4.72. The van der Waals surface area contributed by atoms with Gasteiger partial charge in [0, 0.05) is 24.9 Å². The van der Waals surface area contributed by atoms with E-state index in [-0.39, 0.29) is 36.9 Å². The minimum Gasteiger partial charge on any atom is -0.480 e. The summed E-state index contributed by atoms with van der Waals surface area (Å²) in [7, 11) is 0. The molecule has 0 spiro atoms. The van der Waals surface area contributed by atoms with Crippen LogP contribution in [0.15, 0.2) is 65.3 Å². The van der Waals surface area contributed by atoms with E-state index in [1.165, 1.54) is 12.3 Å². The van der Waals surface area contributed by atoms with Crippen LogP contribution in [-0.2, 0) is 9.53 Å². The molecule has 9 nitrogen and oxygen atoms in total. The average Bonchev–Trinajstić information content (AvgIpc) is 3.53. The summed E-state index contributed by atoms with van der Waals surface area (Å²) in [4.78, 5) is 37.9. The van der Waals surface area contributed by atoms with E-state index >= 15 is 0 Å². The molecule has 34 heavy (non-hydrogen) atoms. The number of nitrogens with zero attached hydrogens (tertiary/aromatic N) is 1. The van der Waals surface area contributed by atoms with E-state index in [4.69, 9.17) is 9.15 Å². The number of β-amino-alcohol motifs (C(OH)–C–C–N with tert-alkyl or cyclic N) is 1. The lowest BCUT2D eigenvalue weighted by Crippen LogP contribution is -2.40. The number of carboxylic acid groups (broad SMARTS) is 1. The molecular weight excluding hydrogens is 440 g/mol. The van der Waals surface area contributed by atoms with Gasteiger partial charge in [0.25, 0.3) is 5.91 Å². The first-order chi connectivity index (χ1) is 16.4. The predicted octanol–water partition coefficient (Wildman–Crippen LogP) is 3.30. The highest BCUT2D eigenvalue weighted by molar-refractivity contribution is 6.02. The molecule has 0 unspecified atom stereocenters. The number of hydrogen-bond acceptors (Lipinski definition) is 6. The summed E-state index contributed by atoms with van der Waals surface area (Å²) in [6.07, 6.45) is -0.571. The van der Waals surface area contributed by atoms with Crippen LogP contribution in [0.25, 0.3) is 11.1 Å². The molecule has 1 aliphatic heterocycles. The number of furan rings is 1. The van der Waals surface area contributed by atoms with Crippen LogP contribution in [0, 0.1) is 0 Å². The molecule has 1 aromatic heterocycles. The van der Waals surface area contributed by atoms with Gasteiger partial charge in [-0.25, -0.2) is 9.59 Å². The summed E-state index contributed by atoms with van der Waals surface area (Å²) < 4.78 is 10.7. The SMILES string of the molecule is O=C(Nc1ccoc1C(=O)N1C[C@H](O)C[C@@H]1C(=O)O)OCC1c2ccccc2-c2ccccc21. The van der Waals surface area contributed by atoms with Crippen molar-refractivity contribution in [3.05, 3.63) is 77.7 Å². The van der Waals surface area contributed by atoms with Crippen LogP contribution >= 0.6 is 0 Å². The molecule has 3 N–H and O–H groups in total. The van der Waals surface area contributed by atoms with E-state index in [1.54, 1.807) is 0 Å². The van der Waals surface area contributed by atoms with Gasteiger partial charge in [0.1, 0.15) is 12.6 Å². The highest BCUT2D eigenvalue weighted by atomic mass is 16.5. The van der Waals surface area contributed by atoms with Gasteiger partial charge in [-0.1, -0.05) is 48.5 Å². The maximum absolute atomic E-state index is 12.9. The van der Waals surface area contributed by atoms with Gasteiger partial charge in [0.2, 0.25) is 5.76 Å². The lowest BCUT2D eigenvalue weighted by atomic mass is 9.98. The maximum Gasteiger partial charge on any atom is 0.411 e. The molecule has 2 aromatic carbocycles. The Balaban J connectivity index is 1.28. The van der Waals surface area contributed by atoms with E-state index < -0.39 is 30.1 Å². The molecule has 2 amide bonds. The molecule has 1 saturated heterocycles. The number of rotatable bonds is 5. The van der Waals surface area contributed by atoms with E-state index in [1.807, 2.05) is 48.5 Å². The number of carbonyl (C=O) groups excluding carboxylic acids is 2. The van der Waals surface area contributed by atoms with Crippen molar-refractivity contribution < 1.29 is 33.8 Å². The van der Waals surface area contributed by atoms with Crippen LogP contribution in [0.4, 0.5) is 10.5 Å². The standard InChI is InChI=1S/C25H22N2O7/c28-14-11-21(24(30)31)27(12-14)23(29)22-20(9-10-33-22)26-25(32)34-13-19-17-7-3-1-5-15(17)16-6-2-4-8-18(16)19/h1-10,14,19,21,28H,11-13H2,(H,26,32)(H,30,31)/t14-,21-/m1/s1. The first-order valence-corrected chi connectivity index (χ1v) is 10.9. The molecular formula is C25H22N2O7. The maximum atomic E-state index is 12.9. The molecule has 5 rings (SSSR count). The third-order valence-corrected chi connectivity index (χ3v) is 6.26. The zero-order chi connectivity index (χ0) is 23.8. The molecule has 9 heteroatoms. The molecule has 2 heterocycles. The Morgan fingerprint density at radius 3 is 2.32 bits per heavy atom. The average molecular weight is 462 g/mol. The number of benzene rings is 2. The van der Waals surface area contributed by atoms with Crippen molar-refractivity contribution in [2.45, 2.75) is 24.5 Å². The number of fused-ring (bicyclic) bond motifs is 3. The van der Waals surface area contributed by atoms with Crippen molar-refractivity contribution in [2.75, 3.05) is 18.5 Å². The minimum absolute atomic E-state index is 0.0627. The molecule has 0 radical (unpaired) electrons. The number of ether oxygens (including phenoxy) is 1. The second kappa shape index (κ2) is 8.68. The van der Waals surface area contributed by atoms with Gasteiger partial charge in [0.15, 0.2) is 0 Å². The lowest BCUT2D eigenvalue weighted by molar-refractivity contribution is -0.141. The van der Waals surface area contributed by atoms with Crippen molar-refractivity contribution in [2.24, 2.45) is 0 Å². The van der Waals surface area contributed by atoms with Crippen molar-refractivity contribution in [1.29, 1.82) is 0 Å². The third kappa shape index (κ3) is 3.80. The summed E-state index contributed by atoms with van der Waals surface area (Å²) in [6, 6.07) is 16.1. The highest BCUT2D eigenvalue weighted by Gasteiger charge is 2.41. The molecule has 2 aliphatic rings. The van der Waals surface area contributed by atoms with Gasteiger partial charge in [-0.3, -0.25) is 10.1 Å². The van der Waals surface area contributed by atoms with Gasteiger partial charge in [-0.2, -0.15) is 0 Å². The monoisotopic (exact) mass is 462 g/mol. The highest BCUT2D eigenvalue weighted by Crippen LogP contribution is 2.44. The quantitative estimate of drug-likeness (QED) is 0.530. The van der Waals surface area contributed by atoms with E-state index in [0.717, 1.165) is 27.2 Å². The molecule has 2 atom stereocenters. The Morgan fingerprint density at radius 2 is 1.68 bits per heavy atom. The van der Waals surface area contributed by atoms with Crippen molar-refractivity contribution in [1.82, 2.24) is 4.90 Å². The van der Waals surface area contributed by atoms with Crippen LogP contribution in [-0.4, -0.2) is 58.4 Å². The van der Waals surface area contributed by atoms with Crippen molar-refractivity contribution >= 4 is 23.7 Å². The number of likely N-dealkylation sites (tertiary alicyclic amines) is 1. The third-order valence-electron chi connectivity index (χ3n) is 6.26. The van der Waals surface area contributed by atoms with E-state index in [9.17, 15) is 24.6 Å². The number of aliphatic hydroxyl groups excluding tert-OH is 1. The predicted molar refractivity (Wildman–Crippen MR) is 120 cm³/mol. The Morgan fingerprint density at radius 1 is 1.03 bits per heavy atom. The Bertz CT molecular complexity index is 1220. The molecule has 0 saturated carbocycles. The minimum atomic E-state index is -1.22. The topological polar surface area (TPSA) is 129 Å². The molecule has 1 aliphatic carbocycles. The number of nitrogens with one attached hydrogen (secondary N) is 1. The second-order valence-corrected chi connectivity index (χ2v) is 8.32. The summed E-state index contributed by atoms with van der Waals surface area (Å²) in [5, 5.41) is 21.7. The molecule has 0 bridgehead atoms. The van der Waals surface area contributed by atoms with Crippen molar-refractivity contribution in [3.8, 4) is 11.1 Å². The van der Waals surface area contributed by atoms with Crippen LogP contribution in [0.1, 0.15) is 34.0 Å². The Hall–Kier alpha value is -4.11. The second-order valence-electron chi connectivity index (χ2n) is 8.32. The van der Waals surface area contributed by atoms with Gasteiger partial charge in [0.05, 0.1) is 18.1 Å². The summed E-state index contributed by atoms with van der Waals surface area (Å²) in [5.74, 6) is -2.30. The van der Waals surface area contributed by atoms with Crippen LogP contribution in [0.5, 0.6) is 0 Å². The largest absolute Gasteiger partial charge is 0.480 e. The molecule has 174 valence electrons. The van der Waals surface area contributed by atoms with E-state index in [0.29, 0.717) is 0 Å². The number of hydrogen-bond donors (Lipinski definition) is 3. The Labute approximate surface area is 194 Å². The number of anilines is 1. The Kier molecular flexibility index (Phi) is 5.54. The van der Waals surface area contributed by atoms with E-state index in [2.05, 4.69) is 5.32 Å². The molecule has 1 fully saturated rings. The fourth-order valence-electron chi connectivity index (χ4n) is 4.72. The van der Waals surface area contributed by atoms with Crippen LogP contribution < -0.4 is 5.32 Å². The summed E-state index contributed by atoms with van der Waals surface area (Å²) in [5.41, 5.74) is 4.42. The smallest absolute Gasteiger partial charge is 0.411 e. The van der Waals surface area contributed by atoms with Crippen LogP contribution in [0.3, 0.4) is 0 Å². The zero-order valence-corrected chi connectivity index (χ0v) is 18.0. The van der Waals surface area contributed by atoms with Gasteiger partial charge >= 0.3 is 12.1 Å². The zero-order valence-electron chi connectivity index (χ0n) is 18.0. The van der Waals surface area contributed by atoms with Crippen LogP contribution in [0.2, 0.25) is 0 Å². The number of carbonyl (C=O) groups is 3. The van der Waals surface area contributed by atoms with Gasteiger partial charge < -0.3 is 24.3 Å². The number of aliphatic hydroxyl groups is 1. The summed E-state index contributed by atoms with van der Waals surface area (Å²) >= 11 is 0. The van der Waals surface area contributed by atoms with Crippen molar-refractivity contribution in [3.63, 3.8) is 0 Å². The normalized spacial score (nSPS) is 18.9. The fraction of sp³-hybridized carbons (Fsp3) is 0.240. The van der Waals surface area contributed by atoms with Gasteiger partial charge in [-0.15, -0.1) is 0 Å². The number of carboxylic acids is 1. The first kappa shape index (κ1) is 21.7. The summed E-state index contributed by atoms with van der Waals surface area (Å²) in [6.45, 7) is -0.0404. The number of amides is 2. The molecule has 3 aromatic rings. The number of aliphatic carboxylic acids is 1. The first-order valence-electron chi connectivity index (χ1n) is 10.9. The lowest BCUT2D eigenvalue weighted by Gasteiger charge is -2.20. The van der Waals surface area contributed by atoms with Gasteiger partial charge in [-0.05, 0) is 22.3 Å².